The number of aromatic hydroxyl groups is 1. The van der Waals surface area contributed by atoms with Gasteiger partial charge in [-0.3, -0.25) is 43.3 Å². The summed E-state index contributed by atoms with van der Waals surface area (Å²) < 4.78 is 0. The first-order valence-corrected chi connectivity index (χ1v) is 20.6. The van der Waals surface area contributed by atoms with Crippen LogP contribution in [0.25, 0.3) is 0 Å². The number of hydrogen-bond acceptors (Lipinski definition) is 10. The van der Waals surface area contributed by atoms with Crippen molar-refractivity contribution in [2.75, 3.05) is 19.6 Å². The highest BCUT2D eigenvalue weighted by atomic mass is 16.3. The Balaban J connectivity index is 2.05. The molecule has 0 saturated carbocycles. The number of rotatable bonds is 14. The number of ketones is 1. The number of Topliss-reactive ketones (excluding diaryl/α,β-unsaturated/α-hetero) is 1. The number of phenolic OH excluding ortho intramolecular Hbond substituents is 1. The Morgan fingerprint density at radius 3 is 2.32 bits per heavy atom. The van der Waals surface area contributed by atoms with Crippen LogP contribution in [0, 0.1) is 11.8 Å². The van der Waals surface area contributed by atoms with Crippen molar-refractivity contribution in [3.8, 4) is 5.75 Å². The summed E-state index contributed by atoms with van der Waals surface area (Å²) in [5.74, 6) is -6.55. The number of nitrogens with zero attached hydrogens (tertiary/aromatic N) is 2. The molecule has 0 aliphatic carbocycles. The fraction of sp³-hybridized carbons (Fsp3) is 0.585. The fourth-order valence-electron chi connectivity index (χ4n) is 6.73. The molecule has 3 rings (SSSR count). The van der Waals surface area contributed by atoms with E-state index < -0.39 is 89.9 Å². The number of benzene rings is 1. The predicted molar refractivity (Wildman–Crippen MR) is 222 cm³/mol. The van der Waals surface area contributed by atoms with Crippen LogP contribution >= 0.6 is 0 Å². The molecule has 19 heteroatoms. The fourth-order valence-corrected chi connectivity index (χ4v) is 6.73. The smallest absolute Gasteiger partial charge is 0.290 e. The van der Waals surface area contributed by atoms with Gasteiger partial charge in [0, 0.05) is 32.1 Å². The Bertz CT molecular complexity index is 1760. The van der Waals surface area contributed by atoms with Crippen LogP contribution in [0.4, 0.5) is 0 Å². The van der Waals surface area contributed by atoms with Gasteiger partial charge in [0.2, 0.25) is 41.2 Å². The van der Waals surface area contributed by atoms with Crippen molar-refractivity contribution in [2.24, 2.45) is 28.3 Å². The summed E-state index contributed by atoms with van der Waals surface area (Å²) in [6.45, 7) is 8.59. The number of carbonyl (C=O) groups is 8. The predicted octanol–water partition coefficient (Wildman–Crippen LogP) is -0.839. The van der Waals surface area contributed by atoms with Gasteiger partial charge in [-0.2, -0.15) is 0 Å². The van der Waals surface area contributed by atoms with Crippen LogP contribution in [-0.2, 0) is 44.8 Å². The standard InChI is InChI=1S/C41H62N10O9/c1-6-23(3)20-33(54)46-25(5)36(56)49-30-22-45-32(53)17-14-27(21-26-12-15-28(52)16-13-26)47-38(58)34(24(4)7-2)50-39(59)35(55)29(10-8-18-44-41(42)43)48-37(57)31-11-9-19-51(31)40(30)60/h12-17,23-25,27,29-31,34,52H,6-11,18-22H2,1-5H3,(H,45,53)(H,46,54)(H,47,58)(H,48,57)(H,49,56)(H,50,59)(H4,42,43,44). The van der Waals surface area contributed by atoms with E-state index in [2.05, 4.69) is 36.9 Å². The third-order valence-corrected chi connectivity index (χ3v) is 10.7. The number of aliphatic imine (C=N–C) groups is 1. The monoisotopic (exact) mass is 838 g/mol. The molecule has 1 aromatic carbocycles. The molecule has 2 aliphatic heterocycles. The molecule has 1 fully saturated rings. The maximum atomic E-state index is 14.2. The maximum absolute atomic E-state index is 14.2. The molecule has 2 heterocycles. The second kappa shape index (κ2) is 23.5. The van der Waals surface area contributed by atoms with Crippen LogP contribution < -0.4 is 43.4 Å². The Labute approximate surface area is 350 Å². The van der Waals surface area contributed by atoms with Crippen LogP contribution in [0.1, 0.15) is 85.1 Å². The van der Waals surface area contributed by atoms with E-state index in [-0.39, 0.29) is 68.7 Å². The summed E-state index contributed by atoms with van der Waals surface area (Å²) in [6, 6.07) is -0.815. The maximum Gasteiger partial charge on any atom is 0.290 e. The number of fused-ring (bicyclic) bond motifs is 1. The molecule has 11 N–H and O–H groups in total. The highest BCUT2D eigenvalue weighted by molar-refractivity contribution is 6.38. The molecular formula is C41H62N10O9. The zero-order chi connectivity index (χ0) is 44.5. The zero-order valence-electron chi connectivity index (χ0n) is 35.1. The van der Waals surface area contributed by atoms with Gasteiger partial charge in [-0.1, -0.05) is 58.7 Å². The van der Waals surface area contributed by atoms with Crippen molar-refractivity contribution >= 4 is 53.1 Å². The van der Waals surface area contributed by atoms with Crippen molar-refractivity contribution in [2.45, 2.75) is 122 Å². The van der Waals surface area contributed by atoms with E-state index in [4.69, 9.17) is 11.5 Å². The largest absolute Gasteiger partial charge is 0.508 e. The highest BCUT2D eigenvalue weighted by Gasteiger charge is 2.40. The number of phenols is 1. The average Bonchev–Trinajstić information content (AvgIpc) is 3.71. The van der Waals surface area contributed by atoms with E-state index in [0.29, 0.717) is 18.4 Å². The van der Waals surface area contributed by atoms with Crippen LogP contribution in [0.5, 0.6) is 5.75 Å². The number of amides is 7. The highest BCUT2D eigenvalue weighted by Crippen LogP contribution is 2.20. The molecule has 2 aliphatic rings. The molecule has 7 amide bonds. The SMILES string of the molecule is CCC(C)CC(=O)NC(C)C(=O)NC1CNC(=O)C=CC(Cc2ccc(O)cc2)NC(=O)C(C(C)CC)NC(=O)C(=O)C(CCCN=C(N)N)NC(=O)C2CCCN2C1=O. The van der Waals surface area contributed by atoms with Gasteiger partial charge in [0.1, 0.15) is 29.9 Å². The molecular weight excluding hydrogens is 777 g/mol. The molecule has 0 aromatic heterocycles. The molecule has 330 valence electrons. The van der Waals surface area contributed by atoms with Crippen molar-refractivity contribution in [1.82, 2.24) is 36.8 Å². The first-order chi connectivity index (χ1) is 28.4. The van der Waals surface area contributed by atoms with Crippen LogP contribution in [0.3, 0.4) is 0 Å². The molecule has 1 saturated heterocycles. The summed E-state index contributed by atoms with van der Waals surface area (Å²) in [5, 5.41) is 25.7. The minimum atomic E-state index is -1.40. The zero-order valence-corrected chi connectivity index (χ0v) is 35.1. The molecule has 19 nitrogen and oxygen atoms in total. The quantitative estimate of drug-likeness (QED) is 0.0482. The third kappa shape index (κ3) is 15.0. The topological polar surface area (TPSA) is 297 Å². The van der Waals surface area contributed by atoms with E-state index in [1.807, 2.05) is 13.8 Å². The van der Waals surface area contributed by atoms with Crippen molar-refractivity contribution < 1.29 is 43.5 Å². The first-order valence-electron chi connectivity index (χ1n) is 20.6. The van der Waals surface area contributed by atoms with Gasteiger partial charge < -0.3 is 53.4 Å². The summed E-state index contributed by atoms with van der Waals surface area (Å²) in [6.07, 6.45) is 4.78. The van der Waals surface area contributed by atoms with Crippen molar-refractivity contribution in [3.05, 3.63) is 42.0 Å². The van der Waals surface area contributed by atoms with E-state index in [0.717, 1.165) is 12.5 Å². The minimum absolute atomic E-state index is 0.0208. The van der Waals surface area contributed by atoms with Crippen LogP contribution in [0.2, 0.25) is 0 Å². The lowest BCUT2D eigenvalue weighted by molar-refractivity contribution is -0.144. The molecule has 60 heavy (non-hydrogen) atoms. The summed E-state index contributed by atoms with van der Waals surface area (Å²) >= 11 is 0. The number of carbonyl (C=O) groups excluding carboxylic acids is 8. The van der Waals surface area contributed by atoms with Crippen molar-refractivity contribution in [1.29, 1.82) is 0 Å². The number of guanidine groups is 1. The Morgan fingerprint density at radius 1 is 0.967 bits per heavy atom. The third-order valence-electron chi connectivity index (χ3n) is 10.7. The Kier molecular flexibility index (Phi) is 19.0. The molecule has 0 radical (unpaired) electrons. The van der Waals surface area contributed by atoms with Gasteiger partial charge in [0.25, 0.3) is 5.91 Å². The summed E-state index contributed by atoms with van der Waals surface area (Å²) in [5.41, 5.74) is 11.6. The Hall–Kier alpha value is -6.01. The molecule has 8 atom stereocenters. The summed E-state index contributed by atoms with van der Waals surface area (Å²) in [7, 11) is 0. The lowest BCUT2D eigenvalue weighted by Crippen LogP contribution is -2.60. The average molecular weight is 839 g/mol. The number of nitrogens with two attached hydrogens (primary N) is 2. The van der Waals surface area contributed by atoms with Gasteiger partial charge in [-0.15, -0.1) is 0 Å². The molecule has 0 bridgehead atoms. The summed E-state index contributed by atoms with van der Waals surface area (Å²) in [4.78, 5) is 114. The van der Waals surface area contributed by atoms with Crippen molar-refractivity contribution in [3.63, 3.8) is 0 Å². The second-order valence-corrected chi connectivity index (χ2v) is 15.6. The van der Waals surface area contributed by atoms with E-state index >= 15 is 0 Å². The van der Waals surface area contributed by atoms with Gasteiger partial charge in [0.15, 0.2) is 5.96 Å². The van der Waals surface area contributed by atoms with E-state index in [1.165, 1.54) is 30.0 Å². The Morgan fingerprint density at radius 2 is 1.67 bits per heavy atom. The van der Waals surface area contributed by atoms with Gasteiger partial charge in [0.05, 0.1) is 12.1 Å². The normalized spacial score (nSPS) is 23.6. The second-order valence-electron chi connectivity index (χ2n) is 15.6. The van der Waals surface area contributed by atoms with Crippen LogP contribution in [-0.4, -0.2) is 119 Å². The molecule has 1 aromatic rings. The number of hydrogen-bond donors (Lipinski definition) is 9. The minimum Gasteiger partial charge on any atom is -0.508 e. The van der Waals surface area contributed by atoms with E-state index in [1.54, 1.807) is 26.0 Å². The van der Waals surface area contributed by atoms with Crippen LogP contribution in [0.15, 0.2) is 41.4 Å². The first kappa shape index (κ1) is 48.4. The lowest BCUT2D eigenvalue weighted by Gasteiger charge is -2.30. The lowest BCUT2D eigenvalue weighted by atomic mass is 9.96. The molecule has 8 unspecified atom stereocenters. The van der Waals surface area contributed by atoms with E-state index in [9.17, 15) is 43.5 Å². The molecule has 0 spiro atoms. The van der Waals surface area contributed by atoms with Gasteiger partial charge in [-0.25, -0.2) is 0 Å². The van der Waals surface area contributed by atoms with Gasteiger partial charge >= 0.3 is 0 Å². The number of nitrogens with one attached hydrogen (secondary N) is 6. The van der Waals surface area contributed by atoms with Gasteiger partial charge in [-0.05, 0) is 68.6 Å².